The maximum atomic E-state index is 12.3. The second kappa shape index (κ2) is 6.55. The number of amides is 1. The lowest BCUT2D eigenvalue weighted by molar-refractivity contribution is -0.314. The summed E-state index contributed by atoms with van der Waals surface area (Å²) in [5.41, 5.74) is 1.02. The van der Waals surface area contributed by atoms with Gasteiger partial charge in [-0.2, -0.15) is 0 Å². The van der Waals surface area contributed by atoms with E-state index in [9.17, 15) is 14.7 Å². The normalized spacial score (nSPS) is 23.9. The van der Waals surface area contributed by atoms with Gasteiger partial charge in [0, 0.05) is 17.8 Å². The monoisotopic (exact) mass is 274 g/mol. The molecule has 0 aromatic heterocycles. The molecule has 1 saturated carbocycles. The first kappa shape index (κ1) is 14.6. The molecule has 1 N–H and O–H groups in total. The molecule has 1 amide bonds. The molecule has 1 aromatic carbocycles. The van der Waals surface area contributed by atoms with Gasteiger partial charge in [-0.3, -0.25) is 4.79 Å². The van der Waals surface area contributed by atoms with Crippen LogP contribution in [0.5, 0.6) is 0 Å². The third-order valence-corrected chi connectivity index (χ3v) is 4.06. The molecule has 4 heteroatoms. The van der Waals surface area contributed by atoms with Gasteiger partial charge in [-0.1, -0.05) is 43.2 Å². The Labute approximate surface area is 119 Å². The molecule has 0 bridgehead atoms. The van der Waals surface area contributed by atoms with Crippen LogP contribution >= 0.6 is 0 Å². The summed E-state index contributed by atoms with van der Waals surface area (Å²) < 4.78 is 0. The SMILES string of the molecule is C[C@@H](NC(=O)[C@H]1CCCC[C@@H]1C(=O)[O-])c1ccccc1. The van der Waals surface area contributed by atoms with Gasteiger partial charge in [0.25, 0.3) is 0 Å². The smallest absolute Gasteiger partial charge is 0.224 e. The molecular weight excluding hydrogens is 254 g/mol. The zero-order valence-corrected chi connectivity index (χ0v) is 11.7. The summed E-state index contributed by atoms with van der Waals surface area (Å²) in [6, 6.07) is 9.54. The van der Waals surface area contributed by atoms with Crippen LogP contribution in [0.3, 0.4) is 0 Å². The minimum absolute atomic E-state index is 0.118. The van der Waals surface area contributed by atoms with Crippen molar-refractivity contribution in [1.82, 2.24) is 5.32 Å². The molecule has 0 heterocycles. The van der Waals surface area contributed by atoms with Crippen molar-refractivity contribution < 1.29 is 14.7 Å². The minimum atomic E-state index is -1.10. The van der Waals surface area contributed by atoms with Crippen LogP contribution in [0.1, 0.15) is 44.2 Å². The van der Waals surface area contributed by atoms with E-state index in [0.717, 1.165) is 18.4 Å². The minimum Gasteiger partial charge on any atom is -0.550 e. The van der Waals surface area contributed by atoms with Gasteiger partial charge in [0.15, 0.2) is 0 Å². The van der Waals surface area contributed by atoms with Crippen LogP contribution < -0.4 is 10.4 Å². The molecule has 108 valence electrons. The lowest BCUT2D eigenvalue weighted by Crippen LogP contribution is -2.45. The van der Waals surface area contributed by atoms with Crippen LogP contribution in [-0.4, -0.2) is 11.9 Å². The first-order valence-corrected chi connectivity index (χ1v) is 7.15. The molecule has 0 radical (unpaired) electrons. The molecule has 2 rings (SSSR count). The quantitative estimate of drug-likeness (QED) is 0.902. The van der Waals surface area contributed by atoms with E-state index in [1.165, 1.54) is 0 Å². The highest BCUT2D eigenvalue weighted by Crippen LogP contribution is 2.30. The zero-order valence-electron chi connectivity index (χ0n) is 11.7. The highest BCUT2D eigenvalue weighted by Gasteiger charge is 2.32. The Balaban J connectivity index is 2.01. The van der Waals surface area contributed by atoms with Crippen LogP contribution in [0, 0.1) is 11.8 Å². The highest BCUT2D eigenvalue weighted by molar-refractivity contribution is 5.84. The summed E-state index contributed by atoms with van der Waals surface area (Å²) in [4.78, 5) is 23.4. The fourth-order valence-corrected chi connectivity index (χ4v) is 2.87. The van der Waals surface area contributed by atoms with Gasteiger partial charge in [-0.15, -0.1) is 0 Å². The van der Waals surface area contributed by atoms with Gasteiger partial charge in [0.2, 0.25) is 5.91 Å². The lowest BCUT2D eigenvalue weighted by atomic mass is 9.78. The van der Waals surface area contributed by atoms with Crippen molar-refractivity contribution in [3.05, 3.63) is 35.9 Å². The van der Waals surface area contributed by atoms with Crippen LogP contribution in [0.2, 0.25) is 0 Å². The van der Waals surface area contributed by atoms with Crippen molar-refractivity contribution in [2.45, 2.75) is 38.6 Å². The maximum absolute atomic E-state index is 12.3. The molecular formula is C16H20NO3-. The van der Waals surface area contributed by atoms with Gasteiger partial charge < -0.3 is 15.2 Å². The summed E-state index contributed by atoms with van der Waals surface area (Å²) in [6.07, 6.45) is 2.93. The molecule has 1 aromatic rings. The molecule has 1 aliphatic rings. The number of carbonyl (C=O) groups excluding carboxylic acids is 2. The molecule has 4 nitrogen and oxygen atoms in total. The average Bonchev–Trinajstić information content (AvgIpc) is 2.48. The number of carbonyl (C=O) groups is 2. The van der Waals surface area contributed by atoms with Crippen molar-refractivity contribution in [3.63, 3.8) is 0 Å². The largest absolute Gasteiger partial charge is 0.550 e. The first-order valence-electron chi connectivity index (χ1n) is 7.15. The second-order valence-electron chi connectivity index (χ2n) is 5.46. The molecule has 0 unspecified atom stereocenters. The lowest BCUT2D eigenvalue weighted by Gasteiger charge is -2.32. The van der Waals surface area contributed by atoms with E-state index in [4.69, 9.17) is 0 Å². The van der Waals surface area contributed by atoms with Crippen molar-refractivity contribution in [2.75, 3.05) is 0 Å². The summed E-state index contributed by atoms with van der Waals surface area (Å²) >= 11 is 0. The molecule has 1 fully saturated rings. The molecule has 3 atom stereocenters. The van der Waals surface area contributed by atoms with Crippen LogP contribution in [0.15, 0.2) is 30.3 Å². The third kappa shape index (κ3) is 3.38. The van der Waals surface area contributed by atoms with E-state index in [1.54, 1.807) is 0 Å². The zero-order chi connectivity index (χ0) is 14.5. The number of benzene rings is 1. The fourth-order valence-electron chi connectivity index (χ4n) is 2.87. The Bertz CT molecular complexity index is 472. The summed E-state index contributed by atoms with van der Waals surface area (Å²) in [7, 11) is 0. The van der Waals surface area contributed by atoms with E-state index in [0.29, 0.717) is 12.8 Å². The Morgan fingerprint density at radius 1 is 1.15 bits per heavy atom. The number of carboxylic acids is 1. The van der Waals surface area contributed by atoms with E-state index in [1.807, 2.05) is 37.3 Å². The number of nitrogens with one attached hydrogen (secondary N) is 1. The molecule has 0 saturated heterocycles. The Morgan fingerprint density at radius 2 is 1.75 bits per heavy atom. The predicted octanol–water partition coefficient (Wildman–Crippen LogP) is 1.42. The highest BCUT2D eigenvalue weighted by atomic mass is 16.4. The maximum Gasteiger partial charge on any atom is 0.224 e. The summed E-state index contributed by atoms with van der Waals surface area (Å²) in [6.45, 7) is 1.91. The topological polar surface area (TPSA) is 69.2 Å². The Kier molecular flexibility index (Phi) is 4.77. The van der Waals surface area contributed by atoms with Crippen molar-refractivity contribution in [1.29, 1.82) is 0 Å². The molecule has 0 aliphatic heterocycles. The Hall–Kier alpha value is -1.84. The molecule has 0 spiro atoms. The van der Waals surface area contributed by atoms with Gasteiger partial charge in [-0.05, 0) is 25.3 Å². The number of aliphatic carboxylic acids is 1. The number of hydrogen-bond acceptors (Lipinski definition) is 3. The first-order chi connectivity index (χ1) is 9.59. The van der Waals surface area contributed by atoms with Crippen molar-refractivity contribution >= 4 is 11.9 Å². The van der Waals surface area contributed by atoms with E-state index in [2.05, 4.69) is 5.32 Å². The van der Waals surface area contributed by atoms with Gasteiger partial charge in [-0.25, -0.2) is 0 Å². The standard InChI is InChI=1S/C16H21NO3/c1-11(12-7-3-2-4-8-12)17-15(18)13-9-5-6-10-14(13)16(19)20/h2-4,7-8,11,13-14H,5-6,9-10H2,1H3,(H,17,18)(H,19,20)/p-1/t11-,13+,14+/m1/s1. The van der Waals surface area contributed by atoms with Gasteiger partial charge in [0.05, 0.1) is 6.04 Å². The van der Waals surface area contributed by atoms with Crippen molar-refractivity contribution in [2.24, 2.45) is 11.8 Å². The van der Waals surface area contributed by atoms with Crippen LogP contribution in [-0.2, 0) is 9.59 Å². The van der Waals surface area contributed by atoms with E-state index >= 15 is 0 Å². The van der Waals surface area contributed by atoms with Crippen LogP contribution in [0.4, 0.5) is 0 Å². The third-order valence-electron chi connectivity index (χ3n) is 4.06. The van der Waals surface area contributed by atoms with Crippen molar-refractivity contribution in [3.8, 4) is 0 Å². The fraction of sp³-hybridized carbons (Fsp3) is 0.500. The second-order valence-corrected chi connectivity index (χ2v) is 5.46. The van der Waals surface area contributed by atoms with E-state index < -0.39 is 17.8 Å². The summed E-state index contributed by atoms with van der Waals surface area (Å²) in [5.74, 6) is -2.38. The summed E-state index contributed by atoms with van der Waals surface area (Å²) in [5, 5.41) is 14.1. The molecule has 20 heavy (non-hydrogen) atoms. The van der Waals surface area contributed by atoms with Gasteiger partial charge >= 0.3 is 0 Å². The van der Waals surface area contributed by atoms with Crippen LogP contribution in [0.25, 0.3) is 0 Å². The van der Waals surface area contributed by atoms with Gasteiger partial charge in [0.1, 0.15) is 0 Å². The Morgan fingerprint density at radius 3 is 2.35 bits per heavy atom. The number of carboxylic acid groups (broad SMARTS) is 1. The number of rotatable bonds is 4. The average molecular weight is 274 g/mol. The van der Waals surface area contributed by atoms with E-state index in [-0.39, 0.29) is 11.9 Å². The molecule has 1 aliphatic carbocycles. The predicted molar refractivity (Wildman–Crippen MR) is 73.5 cm³/mol. The number of hydrogen-bond donors (Lipinski definition) is 1.